The van der Waals surface area contributed by atoms with E-state index in [2.05, 4.69) is 29.4 Å². The molecular formula is C10H13NOS2. The number of aryl methyl sites for hydroxylation is 1. The van der Waals surface area contributed by atoms with E-state index in [-0.39, 0.29) is 17.7 Å². The third-order valence-electron chi connectivity index (χ3n) is 2.53. The molecule has 0 bridgehead atoms. The lowest BCUT2D eigenvalue weighted by Gasteiger charge is -2.23. The van der Waals surface area contributed by atoms with Gasteiger partial charge >= 0.3 is 0 Å². The fraction of sp³-hybridized carbons (Fsp3) is 0.500. The molecule has 2 rings (SSSR count). The average molecular weight is 227 g/mol. The van der Waals surface area contributed by atoms with E-state index in [1.165, 1.54) is 23.3 Å². The van der Waals surface area contributed by atoms with Crippen molar-refractivity contribution in [3.05, 3.63) is 21.9 Å². The Balaban J connectivity index is 2.12. The number of nitrogens with one attached hydrogen (secondary N) is 1. The number of amides is 1. The Bertz CT molecular complexity index is 335. The van der Waals surface area contributed by atoms with E-state index in [4.69, 9.17) is 0 Å². The van der Waals surface area contributed by atoms with Gasteiger partial charge in [-0.2, -0.15) is 12.6 Å². The van der Waals surface area contributed by atoms with E-state index < -0.39 is 0 Å². The Morgan fingerprint density at radius 2 is 2.57 bits per heavy atom. The van der Waals surface area contributed by atoms with Crippen LogP contribution in [0.25, 0.3) is 0 Å². The van der Waals surface area contributed by atoms with Crippen LogP contribution in [0.15, 0.2) is 11.4 Å². The summed E-state index contributed by atoms with van der Waals surface area (Å²) in [7, 11) is 0. The van der Waals surface area contributed by atoms with Gasteiger partial charge in [0.2, 0.25) is 5.91 Å². The van der Waals surface area contributed by atoms with Crippen LogP contribution in [0.1, 0.15) is 29.3 Å². The number of carbonyl (C=O) groups is 1. The van der Waals surface area contributed by atoms with Crippen molar-refractivity contribution in [2.24, 2.45) is 0 Å². The highest BCUT2D eigenvalue weighted by Gasteiger charge is 2.21. The molecule has 76 valence electrons. The quantitative estimate of drug-likeness (QED) is 0.745. The van der Waals surface area contributed by atoms with Crippen molar-refractivity contribution in [3.63, 3.8) is 0 Å². The Morgan fingerprint density at radius 1 is 1.71 bits per heavy atom. The standard InChI is InChI=1S/C10H13NOS2/c12-10(6-13)11-8-2-1-3-9-7(8)4-5-14-9/h4-5,8,13H,1-3,6H2,(H,11,12). The molecule has 4 heteroatoms. The van der Waals surface area contributed by atoms with Crippen LogP contribution in [0, 0.1) is 0 Å². The van der Waals surface area contributed by atoms with E-state index in [0.29, 0.717) is 0 Å². The van der Waals surface area contributed by atoms with E-state index in [0.717, 1.165) is 6.42 Å². The predicted molar refractivity (Wildman–Crippen MR) is 62.0 cm³/mol. The van der Waals surface area contributed by atoms with Crippen LogP contribution in [-0.2, 0) is 11.2 Å². The largest absolute Gasteiger partial charge is 0.349 e. The molecule has 0 fully saturated rings. The van der Waals surface area contributed by atoms with Crippen molar-refractivity contribution < 1.29 is 4.79 Å². The molecule has 0 radical (unpaired) electrons. The third-order valence-corrected chi connectivity index (χ3v) is 3.81. The predicted octanol–water partition coefficient (Wildman–Crippen LogP) is 2.17. The van der Waals surface area contributed by atoms with Gasteiger partial charge in [0.15, 0.2) is 0 Å². The number of rotatable bonds is 2. The topological polar surface area (TPSA) is 29.1 Å². The van der Waals surface area contributed by atoms with Crippen molar-refractivity contribution >= 4 is 29.9 Å². The van der Waals surface area contributed by atoms with Crippen molar-refractivity contribution in [2.45, 2.75) is 25.3 Å². The molecule has 1 aromatic heterocycles. The Kier molecular flexibility index (Phi) is 3.13. The molecule has 0 aliphatic heterocycles. The highest BCUT2D eigenvalue weighted by atomic mass is 32.1. The van der Waals surface area contributed by atoms with E-state index >= 15 is 0 Å². The van der Waals surface area contributed by atoms with Crippen LogP contribution in [0.5, 0.6) is 0 Å². The first-order valence-corrected chi connectivity index (χ1v) is 6.29. The lowest BCUT2D eigenvalue weighted by atomic mass is 9.94. The number of hydrogen-bond acceptors (Lipinski definition) is 3. The maximum Gasteiger partial charge on any atom is 0.230 e. The molecule has 1 unspecified atom stereocenters. The van der Waals surface area contributed by atoms with Gasteiger partial charge in [0, 0.05) is 4.88 Å². The van der Waals surface area contributed by atoms with Crippen molar-refractivity contribution in [2.75, 3.05) is 5.75 Å². The lowest BCUT2D eigenvalue weighted by Crippen LogP contribution is -2.31. The summed E-state index contributed by atoms with van der Waals surface area (Å²) in [5.41, 5.74) is 1.32. The molecule has 0 saturated carbocycles. The highest BCUT2D eigenvalue weighted by Crippen LogP contribution is 2.33. The van der Waals surface area contributed by atoms with E-state index in [9.17, 15) is 4.79 Å². The third kappa shape index (κ3) is 1.96. The SMILES string of the molecule is O=C(CS)NC1CCCc2sccc21. The first-order valence-electron chi connectivity index (χ1n) is 4.77. The molecule has 14 heavy (non-hydrogen) atoms. The normalized spacial score (nSPS) is 20.2. The smallest absolute Gasteiger partial charge is 0.230 e. The molecule has 1 aliphatic carbocycles. The van der Waals surface area contributed by atoms with Crippen molar-refractivity contribution in [3.8, 4) is 0 Å². The highest BCUT2D eigenvalue weighted by molar-refractivity contribution is 7.81. The molecule has 0 aromatic carbocycles. The second-order valence-corrected chi connectivity index (χ2v) is 4.79. The zero-order valence-corrected chi connectivity index (χ0v) is 9.54. The molecule has 1 N–H and O–H groups in total. The van der Waals surface area contributed by atoms with Crippen LogP contribution >= 0.6 is 24.0 Å². The summed E-state index contributed by atoms with van der Waals surface area (Å²) in [4.78, 5) is 12.7. The van der Waals surface area contributed by atoms with Gasteiger partial charge in [0.05, 0.1) is 11.8 Å². The Labute approximate surface area is 93.1 Å². The first kappa shape index (κ1) is 10.1. The van der Waals surface area contributed by atoms with Gasteiger partial charge in [0.1, 0.15) is 0 Å². The molecular weight excluding hydrogens is 214 g/mol. The number of hydrogen-bond donors (Lipinski definition) is 2. The van der Waals surface area contributed by atoms with Crippen LogP contribution in [0.2, 0.25) is 0 Å². The minimum atomic E-state index is 0.0254. The average Bonchev–Trinajstić information content (AvgIpc) is 2.66. The van der Waals surface area contributed by atoms with Gasteiger partial charge in [-0.1, -0.05) is 0 Å². The molecule has 1 heterocycles. The van der Waals surface area contributed by atoms with Gasteiger partial charge in [-0.25, -0.2) is 0 Å². The number of thiophene rings is 1. The second kappa shape index (κ2) is 4.36. The summed E-state index contributed by atoms with van der Waals surface area (Å²) in [6.45, 7) is 0. The molecule has 0 spiro atoms. The Hall–Kier alpha value is -0.480. The van der Waals surface area contributed by atoms with Gasteiger partial charge in [-0.3, -0.25) is 4.79 Å². The monoisotopic (exact) mass is 227 g/mol. The maximum absolute atomic E-state index is 11.2. The number of thiol groups is 1. The summed E-state index contributed by atoms with van der Waals surface area (Å²) < 4.78 is 0. The number of fused-ring (bicyclic) bond motifs is 1. The van der Waals surface area contributed by atoms with Crippen LogP contribution in [0.4, 0.5) is 0 Å². The van der Waals surface area contributed by atoms with Gasteiger partial charge < -0.3 is 5.32 Å². The van der Waals surface area contributed by atoms with Gasteiger partial charge in [0.25, 0.3) is 0 Å². The number of carbonyl (C=O) groups excluding carboxylic acids is 1. The second-order valence-electron chi connectivity index (χ2n) is 3.47. The fourth-order valence-electron chi connectivity index (χ4n) is 1.88. The molecule has 0 saturated heterocycles. The summed E-state index contributed by atoms with van der Waals surface area (Å²) in [5, 5.41) is 5.11. The molecule has 1 aromatic rings. The molecule has 1 aliphatic rings. The lowest BCUT2D eigenvalue weighted by molar-refractivity contribution is -0.119. The van der Waals surface area contributed by atoms with E-state index in [1.54, 1.807) is 11.3 Å². The fourth-order valence-corrected chi connectivity index (χ4v) is 2.96. The summed E-state index contributed by atoms with van der Waals surface area (Å²) in [6.07, 6.45) is 3.40. The van der Waals surface area contributed by atoms with Crippen LogP contribution in [-0.4, -0.2) is 11.7 Å². The molecule has 1 amide bonds. The van der Waals surface area contributed by atoms with E-state index in [1.807, 2.05) is 0 Å². The molecule has 1 atom stereocenters. The van der Waals surface area contributed by atoms with Crippen LogP contribution in [0.3, 0.4) is 0 Å². The van der Waals surface area contributed by atoms with Crippen LogP contribution < -0.4 is 5.32 Å². The maximum atomic E-state index is 11.2. The Morgan fingerprint density at radius 3 is 3.36 bits per heavy atom. The molecule has 2 nitrogen and oxygen atoms in total. The zero-order chi connectivity index (χ0) is 9.97. The minimum Gasteiger partial charge on any atom is -0.349 e. The summed E-state index contributed by atoms with van der Waals surface area (Å²) in [5.74, 6) is 0.299. The minimum absolute atomic E-state index is 0.0254. The van der Waals surface area contributed by atoms with Crippen molar-refractivity contribution in [1.29, 1.82) is 0 Å². The van der Waals surface area contributed by atoms with Crippen molar-refractivity contribution in [1.82, 2.24) is 5.32 Å². The summed E-state index contributed by atoms with van der Waals surface area (Å²) >= 11 is 5.75. The van der Waals surface area contributed by atoms with Gasteiger partial charge in [-0.15, -0.1) is 11.3 Å². The zero-order valence-electron chi connectivity index (χ0n) is 7.82. The summed E-state index contributed by atoms with van der Waals surface area (Å²) in [6, 6.07) is 2.35. The first-order chi connectivity index (χ1) is 6.81. The van der Waals surface area contributed by atoms with Gasteiger partial charge in [-0.05, 0) is 36.3 Å².